The minimum absolute atomic E-state index is 0.0206. The van der Waals surface area contributed by atoms with Crippen LogP contribution in [0.3, 0.4) is 0 Å². The highest BCUT2D eigenvalue weighted by molar-refractivity contribution is 6.74. The third-order valence-corrected chi connectivity index (χ3v) is 12.0. The van der Waals surface area contributed by atoms with Gasteiger partial charge < -0.3 is 13.7 Å². The third-order valence-electron chi connectivity index (χ3n) is 7.29. The van der Waals surface area contributed by atoms with Gasteiger partial charge in [-0.25, -0.2) is 4.79 Å². The van der Waals surface area contributed by atoms with E-state index in [1.807, 2.05) is 28.8 Å². The molecule has 1 atom stereocenters. The first-order valence-electron chi connectivity index (χ1n) is 12.8. The lowest BCUT2D eigenvalue weighted by Crippen LogP contribution is -2.42. The van der Waals surface area contributed by atoms with Gasteiger partial charge in [-0.1, -0.05) is 58.4 Å². The van der Waals surface area contributed by atoms with E-state index in [-0.39, 0.29) is 34.6 Å². The van der Waals surface area contributed by atoms with Gasteiger partial charge in [-0.15, -0.1) is 0 Å². The molecule has 2 aromatic heterocycles. The molecular formula is C29H39ClN2O4Si. The van der Waals surface area contributed by atoms with Crippen LogP contribution in [0.5, 0.6) is 0 Å². The van der Waals surface area contributed by atoms with E-state index in [1.54, 1.807) is 25.4 Å². The number of halogens is 1. The van der Waals surface area contributed by atoms with Gasteiger partial charge in [0.05, 0.1) is 31.0 Å². The molecular weight excluding hydrogens is 504 g/mol. The first-order valence-corrected chi connectivity index (χ1v) is 16.1. The van der Waals surface area contributed by atoms with Crippen molar-refractivity contribution in [3.8, 4) is 0 Å². The number of nitrogens with zero attached hydrogens (tertiary/aromatic N) is 2. The maximum atomic E-state index is 13.5. The standard InChI is InChI=1S/C29H39ClN2O4Si/c1-9-35-28(34)24-17-32(26(19(2)3)18-36-37(7,8)29(4,5)6)25-16-31-22(15-23(25)27(24)33)14-20-11-10-12-21(30)13-20/h10-13,15-17,19,26H,9,14,18H2,1-8H3/t26-/m1/s1. The minimum atomic E-state index is -2.02. The van der Waals surface area contributed by atoms with Crippen molar-refractivity contribution in [1.82, 2.24) is 9.55 Å². The molecule has 6 nitrogen and oxygen atoms in total. The van der Waals surface area contributed by atoms with Gasteiger partial charge in [0.2, 0.25) is 5.43 Å². The fraction of sp³-hybridized carbons (Fsp3) is 0.483. The molecule has 0 saturated carbocycles. The molecule has 0 spiro atoms. The topological polar surface area (TPSA) is 70.4 Å². The number of ether oxygens (including phenoxy) is 1. The predicted molar refractivity (Wildman–Crippen MR) is 153 cm³/mol. The zero-order valence-electron chi connectivity index (χ0n) is 23.2. The van der Waals surface area contributed by atoms with Crippen molar-refractivity contribution in [2.75, 3.05) is 13.2 Å². The summed E-state index contributed by atoms with van der Waals surface area (Å²) >= 11 is 6.16. The molecule has 0 bridgehead atoms. The maximum Gasteiger partial charge on any atom is 0.343 e. The Morgan fingerprint density at radius 1 is 1.19 bits per heavy atom. The molecule has 0 amide bonds. The summed E-state index contributed by atoms with van der Waals surface area (Å²) in [7, 11) is -2.02. The van der Waals surface area contributed by atoms with E-state index in [0.717, 1.165) is 11.3 Å². The van der Waals surface area contributed by atoms with Gasteiger partial charge in [-0.3, -0.25) is 9.78 Å². The zero-order valence-corrected chi connectivity index (χ0v) is 25.0. The Morgan fingerprint density at radius 3 is 2.49 bits per heavy atom. The molecule has 0 fully saturated rings. The number of rotatable bonds is 9. The smallest absolute Gasteiger partial charge is 0.343 e. The molecule has 0 aliphatic rings. The van der Waals surface area contributed by atoms with Crippen molar-refractivity contribution in [2.45, 2.75) is 72.1 Å². The minimum Gasteiger partial charge on any atom is -0.462 e. The normalized spacial score (nSPS) is 13.2. The SMILES string of the molecule is CCOC(=O)c1cn([C@H](CO[Si](C)(C)C(C)(C)C)C(C)C)c2cnc(Cc3cccc(Cl)c3)cc2c1=O. The average Bonchev–Trinajstić information content (AvgIpc) is 2.79. The van der Waals surface area contributed by atoms with Crippen molar-refractivity contribution in [2.24, 2.45) is 5.92 Å². The Kier molecular flexibility index (Phi) is 9.04. The van der Waals surface area contributed by atoms with Gasteiger partial charge in [0.15, 0.2) is 8.32 Å². The van der Waals surface area contributed by atoms with E-state index >= 15 is 0 Å². The van der Waals surface area contributed by atoms with Crippen LogP contribution in [0.15, 0.2) is 47.5 Å². The van der Waals surface area contributed by atoms with Crippen molar-refractivity contribution in [1.29, 1.82) is 0 Å². The fourth-order valence-corrected chi connectivity index (χ4v) is 5.21. The Balaban J connectivity index is 2.15. The number of esters is 1. The summed E-state index contributed by atoms with van der Waals surface area (Å²) in [6.45, 7) is 17.7. The first kappa shape index (κ1) is 29.1. The van der Waals surface area contributed by atoms with Gasteiger partial charge in [-0.05, 0) is 54.7 Å². The van der Waals surface area contributed by atoms with Crippen LogP contribution in [0.25, 0.3) is 10.9 Å². The quantitative estimate of drug-likeness (QED) is 0.214. The second-order valence-electron chi connectivity index (χ2n) is 11.4. The van der Waals surface area contributed by atoms with Crippen LogP contribution in [-0.4, -0.2) is 37.1 Å². The van der Waals surface area contributed by atoms with Crippen molar-refractivity contribution < 1.29 is 14.0 Å². The van der Waals surface area contributed by atoms with Crippen LogP contribution in [0, 0.1) is 5.92 Å². The highest BCUT2D eigenvalue weighted by atomic mass is 35.5. The molecule has 8 heteroatoms. The fourth-order valence-electron chi connectivity index (χ4n) is 3.98. The van der Waals surface area contributed by atoms with Crippen LogP contribution in [0.2, 0.25) is 23.2 Å². The lowest BCUT2D eigenvalue weighted by Gasteiger charge is -2.38. The van der Waals surface area contributed by atoms with Gasteiger partial charge >= 0.3 is 5.97 Å². The second kappa shape index (κ2) is 11.5. The molecule has 37 heavy (non-hydrogen) atoms. The number of fused-ring (bicyclic) bond motifs is 1. The summed E-state index contributed by atoms with van der Waals surface area (Å²) in [5, 5.41) is 1.15. The average molecular weight is 543 g/mol. The molecule has 0 aliphatic heterocycles. The van der Waals surface area contributed by atoms with Crippen molar-refractivity contribution in [3.05, 3.63) is 74.8 Å². The summed E-state index contributed by atoms with van der Waals surface area (Å²) in [6.07, 6.45) is 3.87. The largest absolute Gasteiger partial charge is 0.462 e. The first-order chi connectivity index (χ1) is 17.2. The number of carbonyl (C=O) groups excluding carboxylic acids is 1. The van der Waals surface area contributed by atoms with Gasteiger partial charge in [0.1, 0.15) is 5.56 Å². The highest BCUT2D eigenvalue weighted by Gasteiger charge is 2.38. The molecule has 0 radical (unpaired) electrons. The van der Waals surface area contributed by atoms with Crippen LogP contribution in [0.4, 0.5) is 0 Å². The summed E-state index contributed by atoms with van der Waals surface area (Å²) < 4.78 is 13.8. The van der Waals surface area contributed by atoms with Gasteiger partial charge in [0.25, 0.3) is 0 Å². The summed E-state index contributed by atoms with van der Waals surface area (Å²) in [6, 6.07) is 9.24. The number of carbonyl (C=O) groups is 1. The Morgan fingerprint density at radius 2 is 1.89 bits per heavy atom. The molecule has 3 rings (SSSR count). The maximum absolute atomic E-state index is 13.5. The predicted octanol–water partition coefficient (Wildman–Crippen LogP) is 7.04. The van der Waals surface area contributed by atoms with Crippen LogP contribution in [0.1, 0.15) is 69.2 Å². The van der Waals surface area contributed by atoms with Gasteiger partial charge in [-0.2, -0.15) is 0 Å². The van der Waals surface area contributed by atoms with Crippen LogP contribution < -0.4 is 5.43 Å². The van der Waals surface area contributed by atoms with E-state index in [4.69, 9.17) is 20.8 Å². The van der Waals surface area contributed by atoms with Crippen LogP contribution in [-0.2, 0) is 15.6 Å². The van der Waals surface area contributed by atoms with Crippen molar-refractivity contribution >= 4 is 36.8 Å². The van der Waals surface area contributed by atoms with E-state index in [2.05, 4.69) is 52.7 Å². The second-order valence-corrected chi connectivity index (χ2v) is 16.6. The molecule has 0 aliphatic carbocycles. The molecule has 3 aromatic rings. The van der Waals surface area contributed by atoms with E-state index in [1.165, 1.54) is 0 Å². The van der Waals surface area contributed by atoms with Crippen LogP contribution >= 0.6 is 11.6 Å². The molecule has 0 saturated heterocycles. The lowest BCUT2D eigenvalue weighted by atomic mass is 10.0. The Hall–Kier alpha value is -2.48. The molecule has 200 valence electrons. The number of hydrogen-bond donors (Lipinski definition) is 0. The summed E-state index contributed by atoms with van der Waals surface area (Å²) in [5.41, 5.74) is 2.05. The molecule has 2 heterocycles. The van der Waals surface area contributed by atoms with E-state index in [9.17, 15) is 9.59 Å². The molecule has 0 unspecified atom stereocenters. The lowest BCUT2D eigenvalue weighted by molar-refractivity contribution is 0.0523. The molecule has 0 N–H and O–H groups in total. The Labute approximate surface area is 226 Å². The van der Waals surface area contributed by atoms with Gasteiger partial charge in [0, 0.05) is 28.7 Å². The van der Waals surface area contributed by atoms with E-state index < -0.39 is 14.3 Å². The number of aromatic nitrogens is 2. The number of pyridine rings is 2. The summed E-state index contributed by atoms with van der Waals surface area (Å²) in [4.78, 5) is 31.0. The number of hydrogen-bond acceptors (Lipinski definition) is 5. The highest BCUT2D eigenvalue weighted by Crippen LogP contribution is 2.37. The number of benzene rings is 1. The third kappa shape index (κ3) is 6.70. The Bertz CT molecular complexity index is 1330. The van der Waals surface area contributed by atoms with Crippen molar-refractivity contribution in [3.63, 3.8) is 0 Å². The summed E-state index contributed by atoms with van der Waals surface area (Å²) in [5.74, 6) is -0.444. The molecule has 1 aromatic carbocycles. The monoisotopic (exact) mass is 542 g/mol. The van der Waals surface area contributed by atoms with E-state index in [0.29, 0.717) is 29.0 Å². The zero-order chi connectivity index (χ0) is 27.5.